The first kappa shape index (κ1) is 12.6. The van der Waals surface area contributed by atoms with Gasteiger partial charge in [0, 0.05) is 6.04 Å². The van der Waals surface area contributed by atoms with Gasteiger partial charge in [0.25, 0.3) is 0 Å². The summed E-state index contributed by atoms with van der Waals surface area (Å²) in [6, 6.07) is 0.211. The zero-order chi connectivity index (χ0) is 12.1. The Hall–Kier alpha value is -1.50. The van der Waals surface area contributed by atoms with Crippen LogP contribution in [0.1, 0.15) is 19.7 Å². The van der Waals surface area contributed by atoms with Gasteiger partial charge in [0.1, 0.15) is 0 Å². The first-order valence-electron chi connectivity index (χ1n) is 5.06. The highest BCUT2D eigenvalue weighted by Gasteiger charge is 2.16. The van der Waals surface area contributed by atoms with Gasteiger partial charge in [0.15, 0.2) is 5.82 Å². The fraction of sp³-hybridized carbons (Fsp3) is 0.778. The van der Waals surface area contributed by atoms with Crippen LogP contribution < -0.4 is 0 Å². The van der Waals surface area contributed by atoms with E-state index in [4.69, 9.17) is 0 Å². The second-order valence-electron chi connectivity index (χ2n) is 3.77. The number of aromatic nitrogens is 4. The minimum Gasteiger partial charge on any atom is -0.468 e. The van der Waals surface area contributed by atoms with Crippen LogP contribution in [0.25, 0.3) is 0 Å². The number of aryl methyl sites for hydroxylation is 1. The first-order chi connectivity index (χ1) is 7.52. The van der Waals surface area contributed by atoms with E-state index in [1.165, 1.54) is 11.9 Å². The molecule has 0 aromatic carbocycles. The normalized spacial score (nSPS) is 11.1. The molecule has 90 valence electrons. The standard InChI is InChI=1S/C9H17N5O2/c1-7(2)14(6-9(15)16-4)5-8-10-12-13(3)11-8/h7H,5-6H2,1-4H3. The number of tetrazole rings is 1. The maximum Gasteiger partial charge on any atom is 0.319 e. The minimum absolute atomic E-state index is 0.211. The van der Waals surface area contributed by atoms with Gasteiger partial charge < -0.3 is 4.74 Å². The summed E-state index contributed by atoms with van der Waals surface area (Å²) in [5.74, 6) is 0.331. The van der Waals surface area contributed by atoms with Crippen LogP contribution in [0.4, 0.5) is 0 Å². The molecule has 1 rings (SSSR count). The average molecular weight is 227 g/mol. The number of methoxy groups -OCH3 is 1. The molecule has 0 aliphatic heterocycles. The van der Waals surface area contributed by atoms with Gasteiger partial charge in [-0.1, -0.05) is 0 Å². The molecule has 0 saturated carbocycles. The van der Waals surface area contributed by atoms with E-state index in [9.17, 15) is 4.79 Å². The van der Waals surface area contributed by atoms with Gasteiger partial charge in [-0.05, 0) is 19.1 Å². The molecule has 7 heteroatoms. The molecule has 0 fully saturated rings. The van der Waals surface area contributed by atoms with Crippen molar-refractivity contribution in [1.82, 2.24) is 25.1 Å². The van der Waals surface area contributed by atoms with Crippen LogP contribution in [0.15, 0.2) is 0 Å². The molecule has 1 aromatic heterocycles. The summed E-state index contributed by atoms with van der Waals surface area (Å²) in [5.41, 5.74) is 0. The van der Waals surface area contributed by atoms with Crippen LogP contribution in [0, 0.1) is 0 Å². The predicted molar refractivity (Wildman–Crippen MR) is 56.4 cm³/mol. The number of rotatable bonds is 5. The molecule has 0 aliphatic carbocycles. The fourth-order valence-electron chi connectivity index (χ4n) is 1.22. The van der Waals surface area contributed by atoms with Gasteiger partial charge in [0.2, 0.25) is 0 Å². The van der Waals surface area contributed by atoms with E-state index in [1.54, 1.807) is 7.05 Å². The van der Waals surface area contributed by atoms with Crippen molar-refractivity contribution in [2.75, 3.05) is 13.7 Å². The van der Waals surface area contributed by atoms with Crippen molar-refractivity contribution < 1.29 is 9.53 Å². The number of carbonyl (C=O) groups is 1. The van der Waals surface area contributed by atoms with Crippen molar-refractivity contribution in [3.8, 4) is 0 Å². The number of ether oxygens (including phenoxy) is 1. The molecule has 0 bridgehead atoms. The van der Waals surface area contributed by atoms with Crippen molar-refractivity contribution in [2.24, 2.45) is 7.05 Å². The Kier molecular flexibility index (Phi) is 4.36. The van der Waals surface area contributed by atoms with E-state index < -0.39 is 0 Å². The molecule has 0 amide bonds. The summed E-state index contributed by atoms with van der Waals surface area (Å²) in [5, 5.41) is 11.7. The third kappa shape index (κ3) is 3.58. The van der Waals surface area contributed by atoms with E-state index in [-0.39, 0.29) is 18.6 Å². The van der Waals surface area contributed by atoms with E-state index in [0.29, 0.717) is 12.4 Å². The summed E-state index contributed by atoms with van der Waals surface area (Å²) in [6.07, 6.45) is 0. The Labute approximate surface area is 94.4 Å². The molecule has 0 aliphatic rings. The Morgan fingerprint density at radius 3 is 2.69 bits per heavy atom. The van der Waals surface area contributed by atoms with E-state index in [2.05, 4.69) is 20.1 Å². The van der Waals surface area contributed by atoms with Crippen molar-refractivity contribution in [1.29, 1.82) is 0 Å². The Morgan fingerprint density at radius 2 is 2.25 bits per heavy atom. The first-order valence-corrected chi connectivity index (χ1v) is 5.06. The molecule has 1 aromatic rings. The van der Waals surface area contributed by atoms with Gasteiger partial charge in [-0.25, -0.2) is 0 Å². The van der Waals surface area contributed by atoms with E-state index in [1.807, 2.05) is 18.7 Å². The largest absolute Gasteiger partial charge is 0.468 e. The molecule has 0 N–H and O–H groups in total. The second kappa shape index (κ2) is 5.55. The Bertz CT molecular complexity index is 349. The highest BCUT2D eigenvalue weighted by Crippen LogP contribution is 2.03. The van der Waals surface area contributed by atoms with Gasteiger partial charge in [0.05, 0.1) is 27.2 Å². The van der Waals surface area contributed by atoms with Crippen LogP contribution in [0.2, 0.25) is 0 Å². The summed E-state index contributed by atoms with van der Waals surface area (Å²) in [6.45, 7) is 4.71. The van der Waals surface area contributed by atoms with Crippen molar-refractivity contribution in [3.05, 3.63) is 5.82 Å². The van der Waals surface area contributed by atoms with Gasteiger partial charge in [-0.15, -0.1) is 10.2 Å². The average Bonchev–Trinajstić information content (AvgIpc) is 2.62. The highest BCUT2D eigenvalue weighted by molar-refractivity contribution is 5.71. The lowest BCUT2D eigenvalue weighted by atomic mass is 10.3. The number of hydrogen-bond acceptors (Lipinski definition) is 6. The lowest BCUT2D eigenvalue weighted by Gasteiger charge is -2.23. The molecule has 0 spiro atoms. The number of hydrogen-bond donors (Lipinski definition) is 0. The molecular formula is C9H17N5O2. The molecule has 16 heavy (non-hydrogen) atoms. The monoisotopic (exact) mass is 227 g/mol. The number of nitrogens with zero attached hydrogens (tertiary/aromatic N) is 5. The smallest absolute Gasteiger partial charge is 0.319 e. The lowest BCUT2D eigenvalue weighted by molar-refractivity contribution is -0.142. The molecule has 0 atom stereocenters. The summed E-state index contributed by atoms with van der Waals surface area (Å²) < 4.78 is 4.63. The number of esters is 1. The summed E-state index contributed by atoms with van der Waals surface area (Å²) in [4.78, 5) is 14.5. The maximum atomic E-state index is 11.2. The van der Waals surface area contributed by atoms with Crippen LogP contribution in [0.3, 0.4) is 0 Å². The molecular weight excluding hydrogens is 210 g/mol. The molecule has 0 saturated heterocycles. The summed E-state index contributed by atoms with van der Waals surface area (Å²) >= 11 is 0. The third-order valence-corrected chi connectivity index (χ3v) is 2.18. The van der Waals surface area contributed by atoms with Crippen LogP contribution in [-0.2, 0) is 23.1 Å². The minimum atomic E-state index is -0.266. The zero-order valence-corrected chi connectivity index (χ0v) is 10.0. The topological polar surface area (TPSA) is 73.1 Å². The quantitative estimate of drug-likeness (QED) is 0.637. The molecule has 1 heterocycles. The Morgan fingerprint density at radius 1 is 1.56 bits per heavy atom. The van der Waals surface area contributed by atoms with Crippen molar-refractivity contribution >= 4 is 5.97 Å². The summed E-state index contributed by atoms with van der Waals surface area (Å²) in [7, 11) is 3.08. The maximum absolute atomic E-state index is 11.2. The zero-order valence-electron chi connectivity index (χ0n) is 10.0. The van der Waals surface area contributed by atoms with Crippen molar-refractivity contribution in [3.63, 3.8) is 0 Å². The molecule has 0 unspecified atom stereocenters. The SMILES string of the molecule is COC(=O)CN(Cc1nnn(C)n1)C(C)C. The van der Waals surface area contributed by atoms with Gasteiger partial charge in [-0.2, -0.15) is 4.80 Å². The predicted octanol–water partition coefficient (Wildman–Crippen LogP) is -0.406. The van der Waals surface area contributed by atoms with E-state index >= 15 is 0 Å². The number of carbonyl (C=O) groups excluding carboxylic acids is 1. The van der Waals surface area contributed by atoms with Gasteiger partial charge in [-0.3, -0.25) is 9.69 Å². The highest BCUT2D eigenvalue weighted by atomic mass is 16.5. The molecule has 7 nitrogen and oxygen atoms in total. The fourth-order valence-corrected chi connectivity index (χ4v) is 1.22. The van der Waals surface area contributed by atoms with Crippen LogP contribution in [0.5, 0.6) is 0 Å². The molecule has 0 radical (unpaired) electrons. The van der Waals surface area contributed by atoms with Gasteiger partial charge >= 0.3 is 5.97 Å². The van der Waals surface area contributed by atoms with Crippen LogP contribution >= 0.6 is 0 Å². The lowest BCUT2D eigenvalue weighted by Crippen LogP contribution is -2.36. The Balaban J connectivity index is 2.61. The second-order valence-corrected chi connectivity index (χ2v) is 3.77. The third-order valence-electron chi connectivity index (χ3n) is 2.18. The van der Waals surface area contributed by atoms with Crippen molar-refractivity contribution in [2.45, 2.75) is 26.4 Å². The van der Waals surface area contributed by atoms with E-state index in [0.717, 1.165) is 0 Å². The van der Waals surface area contributed by atoms with Crippen LogP contribution in [-0.4, -0.2) is 50.8 Å².